The lowest BCUT2D eigenvalue weighted by Crippen LogP contribution is -2.27. The predicted octanol–water partition coefficient (Wildman–Crippen LogP) is 3.18. The Bertz CT molecular complexity index is 1470. The Labute approximate surface area is 207 Å². The number of imidazole rings is 1. The van der Waals surface area contributed by atoms with Crippen LogP contribution < -0.4 is 14.8 Å². The number of anilines is 1. The van der Waals surface area contributed by atoms with E-state index in [1.807, 2.05) is 19.1 Å². The van der Waals surface area contributed by atoms with E-state index in [0.29, 0.717) is 23.5 Å². The molecule has 1 aliphatic rings. The standard InChI is InChI=1S/C25H25N7O4/c1-14-8-16(6-7-36-14)32-20(10-21(33)31-22-24(34-2)28-13-29-25(22)35-3)30-19-12-27-18-5-4-15(11-26)9-17(18)23(19)32/h4-5,9,12-14,16H,6-8,10H2,1-3H3,(H,31,33)/t14-,16-/m1/s1. The van der Waals surface area contributed by atoms with Gasteiger partial charge >= 0.3 is 0 Å². The van der Waals surface area contributed by atoms with E-state index in [1.165, 1.54) is 20.5 Å². The van der Waals surface area contributed by atoms with Crippen LogP contribution in [0.25, 0.3) is 21.9 Å². The van der Waals surface area contributed by atoms with E-state index in [0.717, 1.165) is 29.3 Å². The van der Waals surface area contributed by atoms with Crippen molar-refractivity contribution in [1.29, 1.82) is 5.26 Å². The van der Waals surface area contributed by atoms with E-state index in [4.69, 9.17) is 19.2 Å². The average Bonchev–Trinajstić information content (AvgIpc) is 3.26. The third kappa shape index (κ3) is 4.27. The van der Waals surface area contributed by atoms with Crippen LogP contribution in [0.5, 0.6) is 11.8 Å². The highest BCUT2D eigenvalue weighted by Gasteiger charge is 2.28. The predicted molar refractivity (Wildman–Crippen MR) is 131 cm³/mol. The monoisotopic (exact) mass is 487 g/mol. The maximum absolute atomic E-state index is 13.2. The first-order chi connectivity index (χ1) is 17.5. The minimum absolute atomic E-state index is 0.0128. The number of nitrogens with zero attached hydrogens (tertiary/aromatic N) is 6. The molecule has 1 aliphatic heterocycles. The summed E-state index contributed by atoms with van der Waals surface area (Å²) in [6.45, 7) is 2.65. The summed E-state index contributed by atoms with van der Waals surface area (Å²) in [4.78, 5) is 30.7. The van der Waals surface area contributed by atoms with Gasteiger partial charge in [0.05, 0.1) is 55.6 Å². The molecule has 11 heteroatoms. The lowest BCUT2D eigenvalue weighted by molar-refractivity contribution is -0.115. The summed E-state index contributed by atoms with van der Waals surface area (Å²) >= 11 is 0. The van der Waals surface area contributed by atoms with Gasteiger partial charge < -0.3 is 24.1 Å². The van der Waals surface area contributed by atoms with E-state index in [1.54, 1.807) is 12.3 Å². The zero-order valence-electron chi connectivity index (χ0n) is 20.2. The molecule has 0 spiro atoms. The molecule has 2 atom stereocenters. The fourth-order valence-corrected chi connectivity index (χ4v) is 4.72. The summed E-state index contributed by atoms with van der Waals surface area (Å²) in [6, 6.07) is 7.67. The number of pyridine rings is 1. The number of methoxy groups -OCH3 is 2. The Kier molecular flexibility index (Phi) is 6.35. The third-order valence-corrected chi connectivity index (χ3v) is 6.29. The van der Waals surface area contributed by atoms with E-state index in [2.05, 4.69) is 30.9 Å². The largest absolute Gasteiger partial charge is 0.479 e. The second-order valence-electron chi connectivity index (χ2n) is 8.59. The smallest absolute Gasteiger partial charge is 0.244 e. The zero-order chi connectivity index (χ0) is 25.2. The maximum atomic E-state index is 13.2. The Morgan fingerprint density at radius 1 is 1.22 bits per heavy atom. The van der Waals surface area contributed by atoms with Crippen molar-refractivity contribution in [3.63, 3.8) is 0 Å². The van der Waals surface area contributed by atoms with Crippen LogP contribution in [0.3, 0.4) is 0 Å². The van der Waals surface area contributed by atoms with Crippen molar-refractivity contribution in [1.82, 2.24) is 24.5 Å². The van der Waals surface area contributed by atoms with Gasteiger partial charge in [0.15, 0.2) is 5.69 Å². The van der Waals surface area contributed by atoms with Crippen LogP contribution in [0.15, 0.2) is 30.7 Å². The Balaban J connectivity index is 1.60. The van der Waals surface area contributed by atoms with Crippen molar-refractivity contribution in [3.05, 3.63) is 42.1 Å². The first kappa shape index (κ1) is 23.4. The van der Waals surface area contributed by atoms with Crippen LogP contribution in [-0.4, -0.2) is 57.3 Å². The van der Waals surface area contributed by atoms with Gasteiger partial charge in [0.25, 0.3) is 0 Å². The number of hydrogen-bond donors (Lipinski definition) is 1. The molecule has 5 rings (SSSR count). The van der Waals surface area contributed by atoms with E-state index >= 15 is 0 Å². The van der Waals surface area contributed by atoms with Gasteiger partial charge in [0.2, 0.25) is 17.7 Å². The number of fused-ring (bicyclic) bond motifs is 3. The minimum Gasteiger partial charge on any atom is -0.479 e. The van der Waals surface area contributed by atoms with Gasteiger partial charge in [-0.3, -0.25) is 9.78 Å². The minimum atomic E-state index is -0.326. The molecule has 36 heavy (non-hydrogen) atoms. The summed E-state index contributed by atoms with van der Waals surface area (Å²) in [5.74, 6) is 0.656. The molecule has 1 aromatic carbocycles. The number of aromatic nitrogens is 5. The number of carbonyl (C=O) groups is 1. The van der Waals surface area contributed by atoms with Gasteiger partial charge in [0, 0.05) is 18.0 Å². The molecule has 0 unspecified atom stereocenters. The van der Waals surface area contributed by atoms with Crippen LogP contribution in [0.2, 0.25) is 0 Å². The second kappa shape index (κ2) is 9.75. The third-order valence-electron chi connectivity index (χ3n) is 6.29. The lowest BCUT2D eigenvalue weighted by atomic mass is 10.0. The van der Waals surface area contributed by atoms with Gasteiger partial charge in [0.1, 0.15) is 17.7 Å². The molecule has 4 heterocycles. The lowest BCUT2D eigenvalue weighted by Gasteiger charge is -2.30. The molecular formula is C25H25N7O4. The molecule has 0 radical (unpaired) electrons. The highest BCUT2D eigenvalue weighted by Crippen LogP contribution is 2.35. The summed E-state index contributed by atoms with van der Waals surface area (Å²) in [6.07, 6.45) is 4.62. The molecule has 1 saturated heterocycles. The van der Waals surface area contributed by atoms with Crippen molar-refractivity contribution in [2.75, 3.05) is 26.1 Å². The van der Waals surface area contributed by atoms with Gasteiger partial charge in [-0.1, -0.05) is 0 Å². The Hall–Kier alpha value is -4.30. The number of nitrogens with one attached hydrogen (secondary N) is 1. The van der Waals surface area contributed by atoms with Crippen molar-refractivity contribution in [3.8, 4) is 17.8 Å². The summed E-state index contributed by atoms with van der Waals surface area (Å²) < 4.78 is 18.4. The summed E-state index contributed by atoms with van der Waals surface area (Å²) in [7, 11) is 2.91. The number of hydrogen-bond acceptors (Lipinski definition) is 9. The van der Waals surface area contributed by atoms with Crippen molar-refractivity contribution >= 4 is 33.5 Å². The molecule has 3 aromatic heterocycles. The second-order valence-corrected chi connectivity index (χ2v) is 8.59. The topological polar surface area (TPSA) is 137 Å². The summed E-state index contributed by atoms with van der Waals surface area (Å²) in [5.41, 5.74) is 3.07. The number of nitriles is 1. The van der Waals surface area contributed by atoms with Crippen LogP contribution >= 0.6 is 0 Å². The first-order valence-corrected chi connectivity index (χ1v) is 11.6. The fraction of sp³-hybridized carbons (Fsp3) is 0.360. The maximum Gasteiger partial charge on any atom is 0.244 e. The molecule has 0 bridgehead atoms. The Morgan fingerprint density at radius 2 is 2.00 bits per heavy atom. The van der Waals surface area contributed by atoms with E-state index in [-0.39, 0.29) is 41.9 Å². The van der Waals surface area contributed by atoms with Crippen molar-refractivity contribution in [2.24, 2.45) is 0 Å². The van der Waals surface area contributed by atoms with Crippen molar-refractivity contribution < 1.29 is 19.0 Å². The van der Waals surface area contributed by atoms with Gasteiger partial charge in [-0.05, 0) is 38.0 Å². The quantitative estimate of drug-likeness (QED) is 0.435. The molecule has 0 aliphatic carbocycles. The molecule has 1 amide bonds. The van der Waals surface area contributed by atoms with Crippen LogP contribution in [0.4, 0.5) is 5.69 Å². The van der Waals surface area contributed by atoms with Gasteiger partial charge in [-0.15, -0.1) is 0 Å². The van der Waals surface area contributed by atoms with Crippen molar-refractivity contribution in [2.45, 2.75) is 38.3 Å². The molecule has 1 fully saturated rings. The van der Waals surface area contributed by atoms with E-state index < -0.39 is 0 Å². The molecular weight excluding hydrogens is 462 g/mol. The number of rotatable bonds is 6. The normalized spacial score (nSPS) is 17.6. The SMILES string of the molecule is COc1ncnc(OC)c1NC(=O)Cc1nc2cnc3ccc(C#N)cc3c2n1[C@@H]1CCO[C@H](C)C1. The van der Waals surface area contributed by atoms with Gasteiger partial charge in [-0.25, -0.2) is 4.98 Å². The highest BCUT2D eigenvalue weighted by molar-refractivity contribution is 6.03. The number of benzene rings is 1. The molecule has 4 aromatic rings. The van der Waals surface area contributed by atoms with Crippen LogP contribution in [0, 0.1) is 11.3 Å². The fourth-order valence-electron chi connectivity index (χ4n) is 4.72. The number of ether oxygens (including phenoxy) is 3. The molecule has 0 saturated carbocycles. The van der Waals surface area contributed by atoms with Gasteiger partial charge in [-0.2, -0.15) is 15.2 Å². The summed E-state index contributed by atoms with van der Waals surface area (Å²) in [5, 5.41) is 13.1. The number of carbonyl (C=O) groups excluding carboxylic acids is 1. The highest BCUT2D eigenvalue weighted by atomic mass is 16.5. The van der Waals surface area contributed by atoms with Crippen LogP contribution in [0.1, 0.15) is 37.2 Å². The average molecular weight is 488 g/mol. The number of amides is 1. The molecule has 184 valence electrons. The zero-order valence-corrected chi connectivity index (χ0v) is 20.2. The van der Waals surface area contributed by atoms with E-state index in [9.17, 15) is 10.1 Å². The molecule has 1 N–H and O–H groups in total. The van der Waals surface area contributed by atoms with Crippen LogP contribution in [-0.2, 0) is 16.0 Å². The Morgan fingerprint density at radius 3 is 2.69 bits per heavy atom. The molecule has 11 nitrogen and oxygen atoms in total. The first-order valence-electron chi connectivity index (χ1n) is 11.6.